The molecule has 0 rings (SSSR count). The van der Waals surface area contributed by atoms with Gasteiger partial charge >= 0.3 is 11.9 Å². The van der Waals surface area contributed by atoms with Crippen LogP contribution in [0.25, 0.3) is 0 Å². The van der Waals surface area contributed by atoms with Crippen molar-refractivity contribution in [3.63, 3.8) is 0 Å². The summed E-state index contributed by atoms with van der Waals surface area (Å²) in [5.41, 5.74) is 0. The summed E-state index contributed by atoms with van der Waals surface area (Å²) in [6.45, 7) is 6.56. The number of carboxylic acid groups (broad SMARTS) is 1. The first-order valence-electron chi connectivity index (χ1n) is 10.9. The van der Waals surface area contributed by atoms with Crippen molar-refractivity contribution in [1.29, 1.82) is 0 Å². The lowest BCUT2D eigenvalue weighted by Gasteiger charge is -2.20. The fourth-order valence-corrected chi connectivity index (χ4v) is 3.22. The first kappa shape index (κ1) is 24.9. The number of aliphatic carboxylic acids is 1. The van der Waals surface area contributed by atoms with Gasteiger partial charge in [0.2, 0.25) is 0 Å². The quantitative estimate of drug-likeness (QED) is 0.221. The molecule has 0 aliphatic rings. The number of rotatable bonds is 18. The summed E-state index contributed by atoms with van der Waals surface area (Å²) in [6, 6.07) is 0. The normalized spacial score (nSPS) is 12.3. The predicted octanol–water partition coefficient (Wildman–Crippen LogP) is 6.51. The van der Waals surface area contributed by atoms with Crippen molar-refractivity contribution in [3.05, 3.63) is 0 Å². The fourth-order valence-electron chi connectivity index (χ4n) is 3.22. The molecular formula is C22H42O4. The van der Waals surface area contributed by atoms with Gasteiger partial charge in [-0.25, -0.2) is 0 Å². The molecular weight excluding hydrogens is 328 g/mol. The molecule has 0 fully saturated rings. The van der Waals surface area contributed by atoms with E-state index >= 15 is 0 Å². The zero-order valence-electron chi connectivity index (χ0n) is 17.4. The lowest BCUT2D eigenvalue weighted by atomic mass is 9.99. The Morgan fingerprint density at radius 3 is 1.88 bits per heavy atom. The lowest BCUT2D eigenvalue weighted by molar-refractivity contribution is -0.150. The van der Waals surface area contributed by atoms with E-state index in [1.54, 1.807) is 0 Å². The summed E-state index contributed by atoms with van der Waals surface area (Å²) < 4.78 is 5.65. The van der Waals surface area contributed by atoms with Gasteiger partial charge in [0.05, 0.1) is 0 Å². The Bertz CT molecular complexity index is 352. The fraction of sp³-hybridized carbons (Fsp3) is 0.909. The van der Waals surface area contributed by atoms with Gasteiger partial charge in [-0.3, -0.25) is 9.59 Å². The van der Waals surface area contributed by atoms with Crippen LogP contribution in [0, 0.1) is 5.92 Å². The second-order valence-electron chi connectivity index (χ2n) is 7.96. The summed E-state index contributed by atoms with van der Waals surface area (Å²) in [4.78, 5) is 22.5. The largest absolute Gasteiger partial charge is 0.481 e. The molecule has 4 nitrogen and oxygen atoms in total. The van der Waals surface area contributed by atoms with E-state index in [0.717, 1.165) is 19.3 Å². The lowest BCUT2D eigenvalue weighted by Crippen LogP contribution is -2.20. The topological polar surface area (TPSA) is 63.6 Å². The van der Waals surface area contributed by atoms with Gasteiger partial charge in [-0.1, -0.05) is 72.1 Å². The van der Waals surface area contributed by atoms with Gasteiger partial charge in [-0.15, -0.1) is 0 Å². The van der Waals surface area contributed by atoms with E-state index in [-0.39, 0.29) is 18.5 Å². The van der Waals surface area contributed by atoms with Crippen LogP contribution in [0.5, 0.6) is 0 Å². The maximum atomic E-state index is 12.0. The minimum Gasteiger partial charge on any atom is -0.481 e. The minimum atomic E-state index is -0.804. The van der Waals surface area contributed by atoms with E-state index in [0.29, 0.717) is 25.2 Å². The van der Waals surface area contributed by atoms with Crippen molar-refractivity contribution in [1.82, 2.24) is 0 Å². The highest BCUT2D eigenvalue weighted by Gasteiger charge is 2.16. The standard InChI is InChI=1S/C22H42O4/c1-4-5-6-7-8-9-10-11-12-15-20(18-19(2)3)26-22(25)17-14-13-16-21(23)24/h19-20H,4-18H2,1-3H3,(H,23,24). The highest BCUT2D eigenvalue weighted by Crippen LogP contribution is 2.18. The summed E-state index contributed by atoms with van der Waals surface area (Å²) >= 11 is 0. The van der Waals surface area contributed by atoms with E-state index in [2.05, 4.69) is 20.8 Å². The summed E-state index contributed by atoms with van der Waals surface area (Å²) in [6.07, 6.45) is 15.2. The van der Waals surface area contributed by atoms with E-state index in [1.165, 1.54) is 51.4 Å². The first-order chi connectivity index (χ1) is 12.5. The monoisotopic (exact) mass is 370 g/mol. The molecule has 26 heavy (non-hydrogen) atoms. The molecule has 0 bridgehead atoms. The number of hydrogen-bond acceptors (Lipinski definition) is 3. The third-order valence-corrected chi connectivity index (χ3v) is 4.68. The van der Waals surface area contributed by atoms with Crippen molar-refractivity contribution in [2.45, 2.75) is 123 Å². The highest BCUT2D eigenvalue weighted by molar-refractivity contribution is 5.70. The molecule has 0 saturated heterocycles. The van der Waals surface area contributed by atoms with Gasteiger partial charge in [0.25, 0.3) is 0 Å². The van der Waals surface area contributed by atoms with Gasteiger partial charge in [-0.2, -0.15) is 0 Å². The summed E-state index contributed by atoms with van der Waals surface area (Å²) in [7, 11) is 0. The number of carbonyl (C=O) groups excluding carboxylic acids is 1. The Morgan fingerprint density at radius 2 is 1.35 bits per heavy atom. The summed E-state index contributed by atoms with van der Waals surface area (Å²) in [5, 5.41) is 8.62. The van der Waals surface area contributed by atoms with Crippen molar-refractivity contribution in [3.8, 4) is 0 Å². The molecule has 1 atom stereocenters. The molecule has 0 saturated carbocycles. The molecule has 0 aliphatic carbocycles. The van der Waals surface area contributed by atoms with Crippen LogP contribution in [0.4, 0.5) is 0 Å². The molecule has 0 aliphatic heterocycles. The molecule has 1 unspecified atom stereocenters. The number of carboxylic acids is 1. The molecule has 0 aromatic rings. The predicted molar refractivity (Wildman–Crippen MR) is 107 cm³/mol. The highest BCUT2D eigenvalue weighted by atomic mass is 16.5. The van der Waals surface area contributed by atoms with Crippen LogP contribution >= 0.6 is 0 Å². The van der Waals surface area contributed by atoms with Crippen molar-refractivity contribution >= 4 is 11.9 Å². The molecule has 0 aromatic carbocycles. The van der Waals surface area contributed by atoms with Crippen molar-refractivity contribution in [2.75, 3.05) is 0 Å². The van der Waals surface area contributed by atoms with Crippen molar-refractivity contribution in [2.24, 2.45) is 5.92 Å². The van der Waals surface area contributed by atoms with Crippen LogP contribution in [0.1, 0.15) is 117 Å². The Kier molecular flexibility index (Phi) is 16.7. The Morgan fingerprint density at radius 1 is 0.808 bits per heavy atom. The number of ether oxygens (including phenoxy) is 1. The van der Waals surface area contributed by atoms with Crippen LogP contribution < -0.4 is 0 Å². The molecule has 0 radical (unpaired) electrons. The Labute approximate surface area is 161 Å². The molecule has 154 valence electrons. The van der Waals surface area contributed by atoms with E-state index in [9.17, 15) is 9.59 Å². The molecule has 1 N–H and O–H groups in total. The first-order valence-corrected chi connectivity index (χ1v) is 10.9. The number of esters is 1. The molecule has 0 amide bonds. The molecule has 0 heterocycles. The van der Waals surface area contributed by atoms with Crippen LogP contribution in [-0.4, -0.2) is 23.1 Å². The second-order valence-corrected chi connectivity index (χ2v) is 7.96. The Balaban J connectivity index is 3.84. The molecule has 0 aromatic heterocycles. The smallest absolute Gasteiger partial charge is 0.306 e. The van der Waals surface area contributed by atoms with Gasteiger partial charge in [0, 0.05) is 12.8 Å². The van der Waals surface area contributed by atoms with Gasteiger partial charge in [-0.05, 0) is 38.0 Å². The third-order valence-electron chi connectivity index (χ3n) is 4.68. The van der Waals surface area contributed by atoms with Crippen LogP contribution in [0.2, 0.25) is 0 Å². The zero-order chi connectivity index (χ0) is 19.6. The maximum Gasteiger partial charge on any atom is 0.306 e. The third kappa shape index (κ3) is 17.8. The van der Waals surface area contributed by atoms with Crippen LogP contribution in [0.15, 0.2) is 0 Å². The average molecular weight is 371 g/mol. The molecule has 4 heteroatoms. The van der Waals surface area contributed by atoms with E-state index in [4.69, 9.17) is 9.84 Å². The zero-order valence-corrected chi connectivity index (χ0v) is 17.4. The van der Waals surface area contributed by atoms with E-state index < -0.39 is 5.97 Å². The van der Waals surface area contributed by atoms with E-state index in [1.807, 2.05) is 0 Å². The Hall–Kier alpha value is -1.06. The van der Waals surface area contributed by atoms with Crippen LogP contribution in [-0.2, 0) is 14.3 Å². The van der Waals surface area contributed by atoms with Gasteiger partial charge in [0.1, 0.15) is 6.10 Å². The van der Waals surface area contributed by atoms with Gasteiger partial charge in [0.15, 0.2) is 0 Å². The maximum absolute atomic E-state index is 12.0. The summed E-state index contributed by atoms with van der Waals surface area (Å²) in [5.74, 6) is -0.461. The minimum absolute atomic E-state index is 0.0199. The van der Waals surface area contributed by atoms with Crippen molar-refractivity contribution < 1.29 is 19.4 Å². The molecule has 0 spiro atoms. The number of unbranched alkanes of at least 4 members (excludes halogenated alkanes) is 9. The second kappa shape index (κ2) is 17.4. The van der Waals surface area contributed by atoms with Crippen LogP contribution in [0.3, 0.4) is 0 Å². The number of carbonyl (C=O) groups is 2. The number of hydrogen-bond donors (Lipinski definition) is 1. The SMILES string of the molecule is CCCCCCCCCCCC(CC(C)C)OC(=O)CCCCC(=O)O. The van der Waals surface area contributed by atoms with Gasteiger partial charge < -0.3 is 9.84 Å². The average Bonchev–Trinajstić information content (AvgIpc) is 2.56.